The van der Waals surface area contributed by atoms with E-state index in [1.54, 1.807) is 0 Å². The highest BCUT2D eigenvalue weighted by Crippen LogP contribution is 2.32. The highest BCUT2D eigenvalue weighted by molar-refractivity contribution is 7.85. The number of hydrogen-bond acceptors (Lipinski definition) is 4. The van der Waals surface area contributed by atoms with Gasteiger partial charge < -0.3 is 10.6 Å². The number of rotatable bonds is 8. The van der Waals surface area contributed by atoms with Gasteiger partial charge in [0.05, 0.1) is 16.5 Å². The first-order valence-corrected chi connectivity index (χ1v) is 12.2. The Morgan fingerprint density at radius 1 is 1.06 bits per heavy atom. The van der Waals surface area contributed by atoms with Crippen LogP contribution in [-0.2, 0) is 15.6 Å². The molecule has 0 saturated carbocycles. The van der Waals surface area contributed by atoms with Gasteiger partial charge in [0.15, 0.2) is 0 Å². The molecule has 1 atom stereocenters. The van der Waals surface area contributed by atoms with Crippen molar-refractivity contribution in [3.05, 3.63) is 53.6 Å². The lowest BCUT2D eigenvalue weighted by Crippen LogP contribution is -2.34. The third-order valence-electron chi connectivity index (χ3n) is 5.24. The highest BCUT2D eigenvalue weighted by atomic mass is 32.2. The van der Waals surface area contributed by atoms with Gasteiger partial charge in [0.1, 0.15) is 5.84 Å². The quantitative estimate of drug-likeness (QED) is 0.638. The molecule has 3 rings (SSSR count). The lowest BCUT2D eigenvalue weighted by Gasteiger charge is -2.22. The van der Waals surface area contributed by atoms with Crippen LogP contribution >= 0.6 is 0 Å². The van der Waals surface area contributed by atoms with Crippen LogP contribution in [0.25, 0.3) is 17.2 Å². The summed E-state index contributed by atoms with van der Waals surface area (Å²) in [6, 6.07) is 13.8. The minimum atomic E-state index is -1.00. The minimum Gasteiger partial charge on any atom is -0.387 e. The van der Waals surface area contributed by atoms with Gasteiger partial charge in [-0.05, 0) is 48.2 Å². The lowest BCUT2D eigenvalue weighted by atomic mass is 10.0. The molecule has 0 spiro atoms. The summed E-state index contributed by atoms with van der Waals surface area (Å²) < 4.78 is 12.2. The van der Waals surface area contributed by atoms with Crippen LogP contribution < -0.4 is 5.73 Å². The Balaban J connectivity index is 1.97. The maximum absolute atomic E-state index is 13.1. The van der Waals surface area contributed by atoms with Gasteiger partial charge in [0, 0.05) is 41.3 Å². The predicted octanol–water partition coefficient (Wildman–Crippen LogP) is 4.91. The number of benzene rings is 2. The van der Waals surface area contributed by atoms with E-state index in [1.165, 1.54) is 0 Å². The molecule has 0 saturated heterocycles. The topological polar surface area (TPSA) is 75.8 Å². The molecule has 1 amide bonds. The van der Waals surface area contributed by atoms with Crippen molar-refractivity contribution in [1.29, 1.82) is 0 Å². The SMILES string of the molecule is CCCN(CCC)C(=O)C1=Cc2ccc(-c3cccc(S(=O)CC)c3)cc2N=C(N)C1. The first-order chi connectivity index (χ1) is 15.0. The van der Waals surface area contributed by atoms with Gasteiger partial charge in [-0.1, -0.05) is 45.0 Å². The number of amides is 1. The van der Waals surface area contributed by atoms with Crippen LogP contribution in [0.5, 0.6) is 0 Å². The van der Waals surface area contributed by atoms with Gasteiger partial charge in [0.2, 0.25) is 5.91 Å². The van der Waals surface area contributed by atoms with Crippen LogP contribution in [0.1, 0.15) is 45.6 Å². The number of amidine groups is 1. The summed E-state index contributed by atoms with van der Waals surface area (Å²) in [6.07, 6.45) is 4.11. The number of aliphatic imine (C=N–C) groups is 1. The van der Waals surface area contributed by atoms with E-state index in [9.17, 15) is 9.00 Å². The van der Waals surface area contributed by atoms with Gasteiger partial charge in [0.25, 0.3) is 0 Å². The van der Waals surface area contributed by atoms with Gasteiger partial charge in [-0.15, -0.1) is 0 Å². The summed E-state index contributed by atoms with van der Waals surface area (Å²) in [6.45, 7) is 7.55. The fourth-order valence-electron chi connectivity index (χ4n) is 3.75. The van der Waals surface area contributed by atoms with Crippen LogP contribution in [0, 0.1) is 0 Å². The zero-order valence-electron chi connectivity index (χ0n) is 18.6. The normalized spacial score (nSPS) is 14.2. The number of carbonyl (C=O) groups is 1. The molecule has 2 aromatic rings. The summed E-state index contributed by atoms with van der Waals surface area (Å²) in [7, 11) is -1.00. The molecule has 5 nitrogen and oxygen atoms in total. The van der Waals surface area contributed by atoms with Crippen LogP contribution in [-0.4, -0.2) is 39.7 Å². The summed E-state index contributed by atoms with van der Waals surface area (Å²) in [5.74, 6) is 1.06. The Morgan fingerprint density at radius 3 is 2.45 bits per heavy atom. The van der Waals surface area contributed by atoms with E-state index in [-0.39, 0.29) is 5.91 Å². The molecule has 31 heavy (non-hydrogen) atoms. The van der Waals surface area contributed by atoms with E-state index in [2.05, 4.69) is 18.8 Å². The van der Waals surface area contributed by atoms with Crippen LogP contribution in [0.4, 0.5) is 5.69 Å². The number of fused-ring (bicyclic) bond motifs is 1. The van der Waals surface area contributed by atoms with Crippen molar-refractivity contribution < 1.29 is 9.00 Å². The Labute approximate surface area is 187 Å². The summed E-state index contributed by atoms with van der Waals surface area (Å²) in [5, 5.41) is 0. The molecule has 1 aliphatic rings. The van der Waals surface area contributed by atoms with E-state index in [0.717, 1.165) is 53.2 Å². The van der Waals surface area contributed by atoms with E-state index < -0.39 is 10.8 Å². The maximum Gasteiger partial charge on any atom is 0.250 e. The van der Waals surface area contributed by atoms with Crippen molar-refractivity contribution in [2.75, 3.05) is 18.8 Å². The fraction of sp³-hybridized carbons (Fsp3) is 0.360. The fourth-order valence-corrected chi connectivity index (χ4v) is 4.57. The maximum atomic E-state index is 13.1. The molecule has 1 aliphatic heterocycles. The summed E-state index contributed by atoms with van der Waals surface area (Å²) in [5.41, 5.74) is 10.5. The van der Waals surface area contributed by atoms with Crippen LogP contribution in [0.15, 0.2) is 57.9 Å². The molecule has 0 aliphatic carbocycles. The van der Waals surface area contributed by atoms with Crippen molar-refractivity contribution >= 4 is 34.3 Å². The first-order valence-electron chi connectivity index (χ1n) is 10.9. The van der Waals surface area contributed by atoms with E-state index >= 15 is 0 Å². The molecule has 1 unspecified atom stereocenters. The largest absolute Gasteiger partial charge is 0.387 e. The van der Waals surface area contributed by atoms with Crippen LogP contribution in [0.3, 0.4) is 0 Å². The van der Waals surface area contributed by atoms with Crippen molar-refractivity contribution in [3.63, 3.8) is 0 Å². The summed E-state index contributed by atoms with van der Waals surface area (Å²) >= 11 is 0. The molecule has 0 radical (unpaired) electrons. The molecular formula is C25H31N3O2S. The Bertz CT molecular complexity index is 1040. The predicted molar refractivity (Wildman–Crippen MR) is 130 cm³/mol. The zero-order valence-corrected chi connectivity index (χ0v) is 19.4. The molecule has 0 fully saturated rings. The molecule has 1 heterocycles. The molecule has 164 valence electrons. The number of nitrogens with two attached hydrogens (primary N) is 1. The third kappa shape index (κ3) is 5.50. The van der Waals surface area contributed by atoms with E-state index in [4.69, 9.17) is 5.73 Å². The van der Waals surface area contributed by atoms with E-state index in [1.807, 2.05) is 60.4 Å². The summed E-state index contributed by atoms with van der Waals surface area (Å²) in [4.78, 5) is 20.4. The van der Waals surface area contributed by atoms with Crippen molar-refractivity contribution in [3.8, 4) is 11.1 Å². The van der Waals surface area contributed by atoms with Crippen LogP contribution in [0.2, 0.25) is 0 Å². The zero-order chi connectivity index (χ0) is 22.4. The minimum absolute atomic E-state index is 0.0357. The standard InChI is InChI=1S/C25H31N3O2S/c1-4-12-28(13-5-2)25(29)21-14-20-11-10-19(16-23(20)27-24(26)17-21)18-8-7-9-22(15-18)31(30)6-3/h7-11,14-16H,4-6,12-13,17H2,1-3H3,(H2,26,27). The second-order valence-corrected chi connectivity index (χ2v) is 9.42. The molecule has 0 bridgehead atoms. The molecule has 2 aromatic carbocycles. The van der Waals surface area contributed by atoms with Gasteiger partial charge >= 0.3 is 0 Å². The average molecular weight is 438 g/mol. The second kappa shape index (κ2) is 10.5. The van der Waals surface area contributed by atoms with Gasteiger partial charge in [-0.25, -0.2) is 4.99 Å². The number of nitrogens with zero attached hydrogens (tertiary/aromatic N) is 2. The van der Waals surface area contributed by atoms with Gasteiger partial charge in [-0.2, -0.15) is 0 Å². The molecule has 0 aromatic heterocycles. The molecular weight excluding hydrogens is 406 g/mol. The van der Waals surface area contributed by atoms with Crippen molar-refractivity contribution in [1.82, 2.24) is 4.90 Å². The Hall–Kier alpha value is -2.73. The number of carbonyl (C=O) groups excluding carboxylic acids is 1. The third-order valence-corrected chi connectivity index (χ3v) is 6.54. The van der Waals surface area contributed by atoms with Crippen molar-refractivity contribution in [2.45, 2.75) is 44.9 Å². The Kier molecular flexibility index (Phi) is 7.80. The highest BCUT2D eigenvalue weighted by Gasteiger charge is 2.21. The Morgan fingerprint density at radius 2 is 1.77 bits per heavy atom. The van der Waals surface area contributed by atoms with E-state index in [0.29, 0.717) is 23.6 Å². The lowest BCUT2D eigenvalue weighted by molar-refractivity contribution is -0.127. The van der Waals surface area contributed by atoms with Crippen molar-refractivity contribution in [2.24, 2.45) is 10.7 Å². The number of hydrogen-bond donors (Lipinski definition) is 1. The molecule has 6 heteroatoms. The monoisotopic (exact) mass is 437 g/mol. The average Bonchev–Trinajstić information content (AvgIpc) is 2.95. The second-order valence-electron chi connectivity index (χ2n) is 7.68. The first kappa shape index (κ1) is 22.9. The molecule has 2 N–H and O–H groups in total. The van der Waals surface area contributed by atoms with Gasteiger partial charge in [-0.3, -0.25) is 9.00 Å². The smallest absolute Gasteiger partial charge is 0.250 e.